The first-order valence-electron chi connectivity index (χ1n) is 11.1. The third-order valence-electron chi connectivity index (χ3n) is 5.26. The highest BCUT2D eigenvalue weighted by molar-refractivity contribution is 6.32. The molecule has 13 heteroatoms. The minimum Gasteiger partial charge on any atom is -0.449 e. The second-order valence-electron chi connectivity index (χ2n) is 9.07. The van der Waals surface area contributed by atoms with Gasteiger partial charge in [-0.15, -0.1) is 0 Å². The summed E-state index contributed by atoms with van der Waals surface area (Å²) in [7, 11) is 0. The molecule has 1 aromatic carbocycles. The first kappa shape index (κ1) is 26.3. The first-order valence-corrected chi connectivity index (χ1v) is 11.5. The number of alkyl halides is 3. The number of anilines is 1. The number of aromatic nitrogens is 3. The summed E-state index contributed by atoms with van der Waals surface area (Å²) >= 11 is 6.13. The monoisotopic (exact) mass is 537 g/mol. The number of carbonyl (C=O) groups excluding carboxylic acids is 2. The second-order valence-corrected chi connectivity index (χ2v) is 9.48. The number of rotatable bonds is 5. The third kappa shape index (κ3) is 5.19. The van der Waals surface area contributed by atoms with Gasteiger partial charge >= 0.3 is 6.18 Å². The zero-order chi connectivity index (χ0) is 27.3. The Morgan fingerprint density at radius 1 is 1.16 bits per heavy atom. The lowest BCUT2D eigenvalue weighted by Crippen LogP contribution is -2.31. The van der Waals surface area contributed by atoms with Gasteiger partial charge < -0.3 is 20.1 Å². The number of benzene rings is 1. The predicted molar refractivity (Wildman–Crippen MR) is 128 cm³/mol. The topological polar surface area (TPSA) is 107 Å². The van der Waals surface area contributed by atoms with Crippen molar-refractivity contribution in [1.82, 2.24) is 20.1 Å². The van der Waals surface area contributed by atoms with Gasteiger partial charge in [0.15, 0.2) is 23.0 Å². The van der Waals surface area contributed by atoms with Crippen molar-refractivity contribution in [3.63, 3.8) is 0 Å². The van der Waals surface area contributed by atoms with Crippen LogP contribution in [-0.2, 0) is 6.18 Å². The molecule has 0 unspecified atom stereocenters. The maximum Gasteiger partial charge on any atom is 0.435 e. The fourth-order valence-electron chi connectivity index (χ4n) is 3.74. The van der Waals surface area contributed by atoms with Crippen molar-refractivity contribution >= 4 is 29.1 Å². The molecule has 1 aliphatic heterocycles. The quantitative estimate of drug-likeness (QED) is 0.466. The van der Waals surface area contributed by atoms with Gasteiger partial charge in [-0.05, 0) is 39.0 Å². The van der Waals surface area contributed by atoms with Crippen LogP contribution >= 0.6 is 11.6 Å². The Morgan fingerprint density at radius 3 is 2.49 bits per heavy atom. The minimum atomic E-state index is -4.84. The van der Waals surface area contributed by atoms with Gasteiger partial charge in [0, 0.05) is 37.7 Å². The molecule has 0 fully saturated rings. The summed E-state index contributed by atoms with van der Waals surface area (Å²) in [5.74, 6) is -2.13. The number of hydrogen-bond acceptors (Lipinski definition) is 6. The maximum absolute atomic E-state index is 13.5. The van der Waals surface area contributed by atoms with Crippen LogP contribution in [0.2, 0.25) is 5.02 Å². The lowest BCUT2D eigenvalue weighted by molar-refractivity contribution is -0.141. The Bertz CT molecular complexity index is 1400. The first-order chi connectivity index (χ1) is 17.2. The van der Waals surface area contributed by atoms with Crippen molar-refractivity contribution in [2.75, 3.05) is 5.32 Å². The van der Waals surface area contributed by atoms with Crippen LogP contribution in [0.3, 0.4) is 0 Å². The molecular weight excluding hydrogens is 515 g/mol. The number of halogens is 4. The van der Waals surface area contributed by atoms with E-state index in [0.717, 1.165) is 0 Å². The Hall–Kier alpha value is -3.80. The summed E-state index contributed by atoms with van der Waals surface area (Å²) in [6.45, 7) is 8.46. The zero-order valence-electron chi connectivity index (χ0n) is 20.5. The van der Waals surface area contributed by atoms with E-state index >= 15 is 0 Å². The number of carbonyl (C=O) groups is 2. The second kappa shape index (κ2) is 9.25. The fourth-order valence-corrected chi connectivity index (χ4v) is 3.94. The van der Waals surface area contributed by atoms with Gasteiger partial charge in [-0.1, -0.05) is 11.6 Å². The SMILES string of the molecule is Cc1c(NC(=O)c2cc(C(F)(F)F)nn2-c2ncccc2Cl)c(C(=O)NC(C)C)cc2c1OC(C)(C)O2. The van der Waals surface area contributed by atoms with Crippen LogP contribution in [0.5, 0.6) is 11.5 Å². The van der Waals surface area contributed by atoms with E-state index in [2.05, 4.69) is 20.7 Å². The Morgan fingerprint density at radius 2 is 1.86 bits per heavy atom. The van der Waals surface area contributed by atoms with E-state index in [1.165, 1.54) is 24.4 Å². The molecular formula is C24H23ClF3N5O4. The van der Waals surface area contributed by atoms with Gasteiger partial charge in [0.2, 0.25) is 5.79 Å². The third-order valence-corrected chi connectivity index (χ3v) is 5.56. The van der Waals surface area contributed by atoms with Gasteiger partial charge in [0.25, 0.3) is 11.8 Å². The largest absolute Gasteiger partial charge is 0.449 e. The molecule has 3 aromatic rings. The van der Waals surface area contributed by atoms with Crippen LogP contribution in [0.4, 0.5) is 18.9 Å². The summed E-state index contributed by atoms with van der Waals surface area (Å²) in [5, 5.41) is 8.82. The zero-order valence-corrected chi connectivity index (χ0v) is 21.2. The van der Waals surface area contributed by atoms with Crippen LogP contribution in [0.15, 0.2) is 30.5 Å². The van der Waals surface area contributed by atoms with Crippen molar-refractivity contribution in [3.8, 4) is 17.3 Å². The molecule has 2 N–H and O–H groups in total. The molecule has 2 amide bonds. The number of amides is 2. The number of nitrogens with zero attached hydrogens (tertiary/aromatic N) is 3. The highest BCUT2D eigenvalue weighted by Crippen LogP contribution is 2.46. The number of fused-ring (bicyclic) bond motifs is 1. The maximum atomic E-state index is 13.5. The van der Waals surface area contributed by atoms with Crippen LogP contribution in [0.1, 0.15) is 59.8 Å². The molecule has 1 aliphatic rings. The van der Waals surface area contributed by atoms with Gasteiger partial charge in [-0.25, -0.2) is 9.67 Å². The van der Waals surface area contributed by atoms with Gasteiger partial charge in [-0.2, -0.15) is 18.3 Å². The summed E-state index contributed by atoms with van der Waals surface area (Å²) in [6.07, 6.45) is -3.54. The molecule has 3 heterocycles. The van der Waals surface area contributed by atoms with Gasteiger partial charge in [-0.3, -0.25) is 9.59 Å². The molecule has 0 atom stereocenters. The van der Waals surface area contributed by atoms with Crippen molar-refractivity contribution in [3.05, 3.63) is 58.0 Å². The number of hydrogen-bond donors (Lipinski definition) is 2. The lowest BCUT2D eigenvalue weighted by atomic mass is 10.0. The number of nitrogens with one attached hydrogen (secondary N) is 2. The summed E-state index contributed by atoms with van der Waals surface area (Å²) in [6, 6.07) is 4.65. The molecule has 0 saturated carbocycles. The Labute approximate surface area is 214 Å². The van der Waals surface area contributed by atoms with E-state index < -0.39 is 35.2 Å². The number of pyridine rings is 1. The Balaban J connectivity index is 1.83. The molecule has 2 aromatic heterocycles. The summed E-state index contributed by atoms with van der Waals surface area (Å²) in [5.41, 5.74) is -1.39. The van der Waals surface area contributed by atoms with E-state index in [0.29, 0.717) is 27.8 Å². The molecule has 0 radical (unpaired) electrons. The molecule has 4 rings (SSSR count). The van der Waals surface area contributed by atoms with Crippen LogP contribution in [0, 0.1) is 6.92 Å². The van der Waals surface area contributed by atoms with Crippen LogP contribution in [0.25, 0.3) is 5.82 Å². The van der Waals surface area contributed by atoms with Crippen molar-refractivity contribution in [1.29, 1.82) is 0 Å². The van der Waals surface area contributed by atoms with E-state index in [9.17, 15) is 22.8 Å². The predicted octanol–water partition coefficient (Wildman–Crippen LogP) is 5.15. The fraction of sp³-hybridized carbons (Fsp3) is 0.333. The molecule has 196 valence electrons. The van der Waals surface area contributed by atoms with E-state index in [1.807, 2.05) is 0 Å². The van der Waals surface area contributed by atoms with Crippen molar-refractivity contribution in [2.24, 2.45) is 0 Å². The van der Waals surface area contributed by atoms with E-state index in [4.69, 9.17) is 21.1 Å². The van der Waals surface area contributed by atoms with Crippen molar-refractivity contribution < 1.29 is 32.2 Å². The Kier molecular flexibility index (Phi) is 6.57. The highest BCUT2D eigenvalue weighted by atomic mass is 35.5. The molecule has 37 heavy (non-hydrogen) atoms. The lowest BCUT2D eigenvalue weighted by Gasteiger charge is -2.17. The summed E-state index contributed by atoms with van der Waals surface area (Å²) < 4.78 is 52.9. The molecule has 0 bridgehead atoms. The van der Waals surface area contributed by atoms with E-state index in [1.54, 1.807) is 34.6 Å². The standard InChI is InChI=1S/C24H23ClF3N5O4/c1-11(2)30-21(34)13-9-16-19(37-23(4,5)36-16)12(3)18(13)31-22(35)15-10-17(24(26,27)28)32-33(15)20-14(25)7-6-8-29-20/h6-11H,1-5H3,(H,30,34)(H,31,35). The summed E-state index contributed by atoms with van der Waals surface area (Å²) in [4.78, 5) is 30.4. The smallest absolute Gasteiger partial charge is 0.435 e. The average Bonchev–Trinajstić information content (AvgIpc) is 3.36. The molecule has 0 spiro atoms. The minimum absolute atomic E-state index is 0.0214. The van der Waals surface area contributed by atoms with E-state index in [-0.39, 0.29) is 28.1 Å². The molecule has 9 nitrogen and oxygen atoms in total. The number of ether oxygens (including phenoxy) is 2. The van der Waals surface area contributed by atoms with Crippen molar-refractivity contribution in [2.45, 2.75) is 52.6 Å². The average molecular weight is 538 g/mol. The van der Waals surface area contributed by atoms with Crippen LogP contribution < -0.4 is 20.1 Å². The van der Waals surface area contributed by atoms with Gasteiger partial charge in [0.1, 0.15) is 5.69 Å². The highest BCUT2D eigenvalue weighted by Gasteiger charge is 2.38. The molecule has 0 aliphatic carbocycles. The normalized spacial score (nSPS) is 14.1. The molecule has 0 saturated heterocycles. The van der Waals surface area contributed by atoms with Gasteiger partial charge in [0.05, 0.1) is 16.3 Å². The van der Waals surface area contributed by atoms with Crippen LogP contribution in [-0.4, -0.2) is 38.4 Å².